The van der Waals surface area contributed by atoms with Crippen LogP contribution in [0.15, 0.2) is 36.4 Å². The molecule has 2 aromatic rings. The summed E-state index contributed by atoms with van der Waals surface area (Å²) in [5, 5.41) is 13.7. The average Bonchev–Trinajstić information content (AvgIpc) is 2.65. The Bertz CT molecular complexity index is 965. The molecule has 5 rings (SSSR count). The number of carbonyl (C=O) groups is 1. The Balaban J connectivity index is 1.20. The first kappa shape index (κ1) is 21.5. The Labute approximate surface area is 183 Å². The van der Waals surface area contributed by atoms with Crippen LogP contribution in [-0.4, -0.2) is 29.6 Å². The van der Waals surface area contributed by atoms with Gasteiger partial charge >= 0.3 is 0 Å². The minimum atomic E-state index is -0.837. The number of β-amino-alcohol motifs (C(OH)–C–C–N with tert-alkyl or cyclic N) is 1. The molecule has 0 saturated heterocycles. The van der Waals surface area contributed by atoms with E-state index in [1.54, 1.807) is 6.07 Å². The Morgan fingerprint density at radius 1 is 1.10 bits per heavy atom. The Hall–Kier alpha value is -1.73. The third kappa shape index (κ3) is 4.33. The third-order valence-corrected chi connectivity index (χ3v) is 6.62. The maximum absolute atomic E-state index is 13.5. The molecule has 3 aliphatic carbocycles. The standard InChI is InChI=1S/C22H21Cl2F2NO3/c23-16-3-1-13(5-18(16)25)20(29)8-27-22-10-21(11-22,12-22)7-14(28)9-30-15-2-4-17(24)19(26)6-15/h1-6,20,27,29H,7-12H2. The summed E-state index contributed by atoms with van der Waals surface area (Å²) in [7, 11) is 0. The highest BCUT2D eigenvalue weighted by molar-refractivity contribution is 6.31. The molecule has 0 aliphatic heterocycles. The highest BCUT2D eigenvalue weighted by Crippen LogP contribution is 2.69. The van der Waals surface area contributed by atoms with Crippen molar-refractivity contribution in [1.29, 1.82) is 0 Å². The number of aliphatic hydroxyl groups is 1. The first-order valence-electron chi connectivity index (χ1n) is 9.67. The van der Waals surface area contributed by atoms with Crippen molar-refractivity contribution in [2.75, 3.05) is 13.2 Å². The molecule has 3 saturated carbocycles. The fraction of sp³-hybridized carbons (Fsp3) is 0.409. The molecule has 2 aromatic carbocycles. The Morgan fingerprint density at radius 2 is 1.73 bits per heavy atom. The van der Waals surface area contributed by atoms with Crippen LogP contribution in [0.2, 0.25) is 10.0 Å². The molecule has 0 heterocycles. The number of Topliss-reactive ketones (excluding diaryl/α,β-unsaturated/α-hetero) is 1. The number of aliphatic hydroxyl groups excluding tert-OH is 1. The number of carbonyl (C=O) groups excluding carboxylic acids is 1. The zero-order valence-corrected chi connectivity index (χ0v) is 17.6. The lowest BCUT2D eigenvalue weighted by Crippen LogP contribution is -2.74. The molecule has 3 aliphatic rings. The molecule has 1 unspecified atom stereocenters. The van der Waals surface area contributed by atoms with Crippen molar-refractivity contribution in [2.24, 2.45) is 5.41 Å². The fourth-order valence-corrected chi connectivity index (χ4v) is 4.96. The van der Waals surface area contributed by atoms with E-state index < -0.39 is 17.7 Å². The normalized spacial score (nSPS) is 25.2. The first-order chi connectivity index (χ1) is 14.2. The van der Waals surface area contributed by atoms with E-state index in [9.17, 15) is 18.7 Å². The average molecular weight is 456 g/mol. The van der Waals surface area contributed by atoms with Crippen LogP contribution >= 0.6 is 23.2 Å². The summed E-state index contributed by atoms with van der Waals surface area (Å²) in [5.41, 5.74) is 0.388. The van der Waals surface area contributed by atoms with E-state index >= 15 is 0 Å². The number of halogens is 4. The molecule has 8 heteroatoms. The van der Waals surface area contributed by atoms with Crippen molar-refractivity contribution in [3.05, 3.63) is 63.6 Å². The topological polar surface area (TPSA) is 58.6 Å². The van der Waals surface area contributed by atoms with Crippen molar-refractivity contribution >= 4 is 29.0 Å². The van der Waals surface area contributed by atoms with Crippen LogP contribution in [0, 0.1) is 17.0 Å². The second-order valence-electron chi connectivity index (χ2n) is 8.46. The lowest BCUT2D eigenvalue weighted by atomic mass is 9.38. The van der Waals surface area contributed by atoms with Crippen molar-refractivity contribution in [3.63, 3.8) is 0 Å². The number of nitrogens with one attached hydrogen (secondary N) is 1. The second kappa shape index (κ2) is 8.08. The van der Waals surface area contributed by atoms with E-state index in [1.807, 2.05) is 0 Å². The maximum Gasteiger partial charge on any atom is 0.170 e. The highest BCUT2D eigenvalue weighted by atomic mass is 35.5. The van der Waals surface area contributed by atoms with Gasteiger partial charge in [-0.1, -0.05) is 29.3 Å². The van der Waals surface area contributed by atoms with E-state index in [4.69, 9.17) is 27.9 Å². The summed E-state index contributed by atoms with van der Waals surface area (Å²) >= 11 is 11.3. The number of hydrogen-bond acceptors (Lipinski definition) is 4. The molecule has 1 atom stereocenters. The zero-order chi connectivity index (χ0) is 21.5. The monoisotopic (exact) mass is 455 g/mol. The largest absolute Gasteiger partial charge is 0.486 e. The number of ether oxygens (including phenoxy) is 1. The molecule has 0 radical (unpaired) electrons. The molecule has 0 spiro atoms. The van der Waals surface area contributed by atoms with Crippen molar-refractivity contribution < 1.29 is 23.4 Å². The van der Waals surface area contributed by atoms with Gasteiger partial charge in [0.25, 0.3) is 0 Å². The Morgan fingerprint density at radius 3 is 2.37 bits per heavy atom. The molecule has 2 bridgehead atoms. The van der Waals surface area contributed by atoms with Gasteiger partial charge in [0, 0.05) is 24.6 Å². The summed E-state index contributed by atoms with van der Waals surface area (Å²) in [6.45, 7) is 0.195. The zero-order valence-electron chi connectivity index (χ0n) is 16.1. The van der Waals surface area contributed by atoms with Crippen molar-refractivity contribution in [1.82, 2.24) is 5.32 Å². The molecule has 0 aromatic heterocycles. The van der Waals surface area contributed by atoms with Crippen LogP contribution in [0.5, 0.6) is 5.75 Å². The Kier molecular flexibility index (Phi) is 5.79. The lowest BCUT2D eigenvalue weighted by Gasteiger charge is -2.71. The second-order valence-corrected chi connectivity index (χ2v) is 9.28. The van der Waals surface area contributed by atoms with Gasteiger partial charge in [0.1, 0.15) is 24.0 Å². The molecule has 3 fully saturated rings. The third-order valence-electron chi connectivity index (χ3n) is 6.00. The van der Waals surface area contributed by atoms with E-state index in [2.05, 4.69) is 5.32 Å². The van der Waals surface area contributed by atoms with Crippen molar-refractivity contribution in [3.8, 4) is 5.75 Å². The fourth-order valence-electron chi connectivity index (χ4n) is 4.72. The van der Waals surface area contributed by atoms with Gasteiger partial charge in [-0.15, -0.1) is 0 Å². The first-order valence-corrected chi connectivity index (χ1v) is 10.4. The van der Waals surface area contributed by atoms with E-state index in [1.165, 1.54) is 24.3 Å². The summed E-state index contributed by atoms with van der Waals surface area (Å²) in [6, 6.07) is 8.34. The van der Waals surface area contributed by atoms with Crippen LogP contribution in [0.4, 0.5) is 8.78 Å². The maximum atomic E-state index is 13.5. The summed E-state index contributed by atoms with van der Waals surface area (Å²) < 4.78 is 32.3. The predicted molar refractivity (Wildman–Crippen MR) is 110 cm³/mol. The van der Waals surface area contributed by atoms with Gasteiger partial charge in [-0.2, -0.15) is 0 Å². The summed E-state index contributed by atoms with van der Waals surface area (Å²) in [5.74, 6) is -0.902. The molecule has 2 N–H and O–H groups in total. The van der Waals surface area contributed by atoms with Crippen LogP contribution in [-0.2, 0) is 4.79 Å². The molecule has 30 heavy (non-hydrogen) atoms. The van der Waals surface area contributed by atoms with Gasteiger partial charge < -0.3 is 15.2 Å². The quantitative estimate of drug-likeness (QED) is 0.566. The van der Waals surface area contributed by atoms with Gasteiger partial charge in [0.05, 0.1) is 16.1 Å². The molecule has 4 nitrogen and oxygen atoms in total. The molecule has 160 valence electrons. The van der Waals surface area contributed by atoms with E-state index in [0.29, 0.717) is 18.5 Å². The number of hydrogen-bond donors (Lipinski definition) is 2. The minimum Gasteiger partial charge on any atom is -0.486 e. The SMILES string of the molecule is O=C(COc1ccc(Cl)c(F)c1)CC12CC(NCC(O)c3ccc(Cl)c(F)c3)(C1)C2. The van der Waals surface area contributed by atoms with E-state index in [-0.39, 0.29) is 39.1 Å². The van der Waals surface area contributed by atoms with Gasteiger partial charge in [0.2, 0.25) is 0 Å². The minimum absolute atomic E-state index is 0.00616. The smallest absolute Gasteiger partial charge is 0.170 e. The van der Waals surface area contributed by atoms with Gasteiger partial charge in [-0.05, 0) is 54.5 Å². The lowest BCUT2D eigenvalue weighted by molar-refractivity contribution is -0.169. The van der Waals surface area contributed by atoms with Crippen LogP contribution < -0.4 is 10.1 Å². The summed E-state index contributed by atoms with van der Waals surface area (Å²) in [6.07, 6.45) is 2.13. The number of benzene rings is 2. The molecule has 0 amide bonds. The highest BCUT2D eigenvalue weighted by Gasteiger charge is 2.67. The van der Waals surface area contributed by atoms with Crippen LogP contribution in [0.1, 0.15) is 37.4 Å². The summed E-state index contributed by atoms with van der Waals surface area (Å²) in [4.78, 5) is 12.3. The van der Waals surface area contributed by atoms with Gasteiger partial charge in [-0.3, -0.25) is 4.79 Å². The number of rotatable bonds is 9. The molecular formula is C22H21Cl2F2NO3. The van der Waals surface area contributed by atoms with Crippen LogP contribution in [0.25, 0.3) is 0 Å². The van der Waals surface area contributed by atoms with Gasteiger partial charge in [-0.25, -0.2) is 8.78 Å². The molecular weight excluding hydrogens is 435 g/mol. The number of ketones is 1. The van der Waals surface area contributed by atoms with E-state index in [0.717, 1.165) is 25.3 Å². The predicted octanol–water partition coefficient (Wildman–Crippen LogP) is 4.86. The van der Waals surface area contributed by atoms with Crippen LogP contribution in [0.3, 0.4) is 0 Å². The van der Waals surface area contributed by atoms with Crippen molar-refractivity contribution in [2.45, 2.75) is 37.3 Å². The van der Waals surface area contributed by atoms with Gasteiger partial charge in [0.15, 0.2) is 5.78 Å².